The van der Waals surface area contributed by atoms with Crippen molar-refractivity contribution >= 4 is 5.91 Å². The number of benzene rings is 1. The number of nitrogens with two attached hydrogens (primary N) is 1. The zero-order valence-corrected chi connectivity index (χ0v) is 10.9. The summed E-state index contributed by atoms with van der Waals surface area (Å²) in [6.07, 6.45) is 3.56. The molecule has 6 nitrogen and oxygen atoms in total. The van der Waals surface area contributed by atoms with Crippen LogP contribution in [0.5, 0.6) is 5.75 Å². The Balaban J connectivity index is 0.000000982. The maximum absolute atomic E-state index is 10.9. The first-order valence-corrected chi connectivity index (χ1v) is 5.92. The molecule has 0 fully saturated rings. The lowest BCUT2D eigenvalue weighted by Crippen LogP contribution is -2.20. The molecule has 1 aromatic rings. The minimum absolute atomic E-state index is 0.172. The molecule has 0 atom stereocenters. The van der Waals surface area contributed by atoms with Crippen LogP contribution in [0.3, 0.4) is 0 Å². The van der Waals surface area contributed by atoms with Crippen molar-refractivity contribution in [3.8, 4) is 11.9 Å². The number of nitriles is 1. The van der Waals surface area contributed by atoms with Gasteiger partial charge in [-0.3, -0.25) is 10.0 Å². The van der Waals surface area contributed by atoms with Gasteiger partial charge in [0.1, 0.15) is 5.75 Å². The van der Waals surface area contributed by atoms with E-state index in [2.05, 4.69) is 12.7 Å². The van der Waals surface area contributed by atoms with Gasteiger partial charge in [0.25, 0.3) is 0 Å². The molecular formula is C13H19N3O3. The number of rotatable bonds is 6. The zero-order chi connectivity index (χ0) is 14.5. The van der Waals surface area contributed by atoms with Crippen molar-refractivity contribution in [3.05, 3.63) is 29.8 Å². The molecule has 0 saturated heterocycles. The van der Waals surface area contributed by atoms with E-state index in [1.54, 1.807) is 5.48 Å². The first kappa shape index (κ1) is 16.7. The Morgan fingerprint density at radius 3 is 2.53 bits per heavy atom. The number of carbonyl (C=O) groups excluding carboxylic acids is 1. The number of amides is 1. The fourth-order valence-electron chi connectivity index (χ4n) is 1.26. The maximum atomic E-state index is 10.9. The summed E-state index contributed by atoms with van der Waals surface area (Å²) in [7, 11) is 0. The van der Waals surface area contributed by atoms with Crippen LogP contribution in [0.2, 0.25) is 0 Å². The fourth-order valence-corrected chi connectivity index (χ4v) is 1.26. The number of hydroxylamine groups is 1. The Hall–Kier alpha value is -2.26. The van der Waals surface area contributed by atoms with Crippen molar-refractivity contribution < 1.29 is 14.7 Å². The molecule has 6 heteroatoms. The standard InChI is InChI=1S/C12H17NO3.CH2N2/c1-2-3-8-16-11-6-4-10(5-7-11)9-12(14)13-15;2-1-3/h4-7,15H,2-3,8-9H2,1H3,(H,13,14);2H2. The highest BCUT2D eigenvalue weighted by molar-refractivity contribution is 5.77. The van der Waals surface area contributed by atoms with Crippen LogP contribution in [-0.4, -0.2) is 17.7 Å². The van der Waals surface area contributed by atoms with Crippen LogP contribution in [0.25, 0.3) is 0 Å². The van der Waals surface area contributed by atoms with Crippen LogP contribution in [0.4, 0.5) is 0 Å². The molecule has 0 heterocycles. The number of hydrogen-bond donors (Lipinski definition) is 3. The Kier molecular flexibility index (Phi) is 9.57. The number of nitrogens with zero attached hydrogens (tertiary/aromatic N) is 1. The SMILES string of the molecule is CCCCOc1ccc(CC(=O)NO)cc1.N#CN. The van der Waals surface area contributed by atoms with Gasteiger partial charge in [0, 0.05) is 0 Å². The van der Waals surface area contributed by atoms with Crippen LogP contribution in [0.1, 0.15) is 25.3 Å². The van der Waals surface area contributed by atoms with Gasteiger partial charge in [0.15, 0.2) is 6.19 Å². The van der Waals surface area contributed by atoms with E-state index in [4.69, 9.17) is 15.2 Å². The smallest absolute Gasteiger partial charge is 0.247 e. The van der Waals surface area contributed by atoms with E-state index in [-0.39, 0.29) is 6.42 Å². The van der Waals surface area contributed by atoms with E-state index in [1.165, 1.54) is 6.19 Å². The van der Waals surface area contributed by atoms with Gasteiger partial charge >= 0.3 is 0 Å². The molecule has 4 N–H and O–H groups in total. The van der Waals surface area contributed by atoms with Gasteiger partial charge in [0.2, 0.25) is 5.91 Å². The van der Waals surface area contributed by atoms with Crippen molar-refractivity contribution in [2.45, 2.75) is 26.2 Å². The van der Waals surface area contributed by atoms with Gasteiger partial charge < -0.3 is 10.5 Å². The summed E-state index contributed by atoms with van der Waals surface area (Å²) in [5, 5.41) is 15.5. The maximum Gasteiger partial charge on any atom is 0.247 e. The van der Waals surface area contributed by atoms with Gasteiger partial charge in [-0.05, 0) is 24.1 Å². The largest absolute Gasteiger partial charge is 0.494 e. The molecule has 0 bridgehead atoms. The van der Waals surface area contributed by atoms with Gasteiger partial charge in [-0.1, -0.05) is 25.5 Å². The van der Waals surface area contributed by atoms with Crippen molar-refractivity contribution in [2.75, 3.05) is 6.61 Å². The second-order valence-corrected chi connectivity index (χ2v) is 3.69. The van der Waals surface area contributed by atoms with E-state index in [0.29, 0.717) is 6.61 Å². The van der Waals surface area contributed by atoms with Gasteiger partial charge in [-0.2, -0.15) is 5.26 Å². The van der Waals surface area contributed by atoms with E-state index < -0.39 is 5.91 Å². The number of carbonyl (C=O) groups is 1. The Labute approximate surface area is 112 Å². The van der Waals surface area contributed by atoms with Crippen molar-refractivity contribution in [1.82, 2.24) is 5.48 Å². The average molecular weight is 265 g/mol. The van der Waals surface area contributed by atoms with Crippen LogP contribution in [-0.2, 0) is 11.2 Å². The number of unbranched alkanes of at least 4 members (excludes halogenated alkanes) is 1. The number of nitrogens with one attached hydrogen (secondary N) is 1. The highest BCUT2D eigenvalue weighted by atomic mass is 16.5. The average Bonchev–Trinajstić information content (AvgIpc) is 2.42. The molecule has 1 rings (SSSR count). The Morgan fingerprint density at radius 2 is 2.05 bits per heavy atom. The summed E-state index contributed by atoms with van der Waals surface area (Å²) in [5.41, 5.74) is 6.59. The summed E-state index contributed by atoms with van der Waals surface area (Å²) in [4.78, 5) is 10.9. The Morgan fingerprint density at radius 1 is 1.47 bits per heavy atom. The molecule has 0 radical (unpaired) electrons. The molecule has 0 aliphatic rings. The Bertz CT molecular complexity index is 399. The third kappa shape index (κ3) is 8.46. The molecule has 0 unspecified atom stereocenters. The summed E-state index contributed by atoms with van der Waals surface area (Å²) in [5.74, 6) is 0.390. The van der Waals surface area contributed by atoms with Crippen LogP contribution in [0.15, 0.2) is 24.3 Å². The molecule has 1 amide bonds. The van der Waals surface area contributed by atoms with E-state index in [1.807, 2.05) is 24.3 Å². The van der Waals surface area contributed by atoms with Crippen LogP contribution >= 0.6 is 0 Å². The van der Waals surface area contributed by atoms with Gasteiger partial charge in [-0.25, -0.2) is 5.48 Å². The van der Waals surface area contributed by atoms with Crippen LogP contribution in [0, 0.1) is 11.5 Å². The molecule has 104 valence electrons. The normalized spacial score (nSPS) is 8.68. The lowest BCUT2D eigenvalue weighted by molar-refractivity contribution is -0.128. The van der Waals surface area contributed by atoms with E-state index in [9.17, 15) is 4.79 Å². The molecule has 0 spiro atoms. The third-order valence-corrected chi connectivity index (χ3v) is 2.18. The molecule has 0 saturated carbocycles. The van der Waals surface area contributed by atoms with E-state index in [0.717, 1.165) is 24.2 Å². The predicted octanol–water partition coefficient (Wildman–Crippen LogP) is 1.34. The van der Waals surface area contributed by atoms with Gasteiger partial charge in [0.05, 0.1) is 13.0 Å². The zero-order valence-electron chi connectivity index (χ0n) is 10.9. The first-order chi connectivity index (χ1) is 9.17. The molecule has 0 aliphatic carbocycles. The molecule has 1 aromatic carbocycles. The minimum Gasteiger partial charge on any atom is -0.494 e. The molecular weight excluding hydrogens is 246 g/mol. The summed E-state index contributed by atoms with van der Waals surface area (Å²) >= 11 is 0. The van der Waals surface area contributed by atoms with Crippen molar-refractivity contribution in [3.63, 3.8) is 0 Å². The topological polar surface area (TPSA) is 108 Å². The van der Waals surface area contributed by atoms with Crippen molar-refractivity contribution in [1.29, 1.82) is 5.26 Å². The summed E-state index contributed by atoms with van der Waals surface area (Å²) < 4.78 is 5.48. The minimum atomic E-state index is -0.417. The fraction of sp³-hybridized carbons (Fsp3) is 0.385. The summed E-state index contributed by atoms with van der Waals surface area (Å²) in [6.45, 7) is 2.83. The molecule has 0 aromatic heterocycles. The molecule has 0 aliphatic heterocycles. The lowest BCUT2D eigenvalue weighted by Gasteiger charge is -2.06. The third-order valence-electron chi connectivity index (χ3n) is 2.18. The van der Waals surface area contributed by atoms with Gasteiger partial charge in [-0.15, -0.1) is 0 Å². The van der Waals surface area contributed by atoms with Crippen molar-refractivity contribution in [2.24, 2.45) is 5.73 Å². The quantitative estimate of drug-likeness (QED) is 0.236. The first-order valence-electron chi connectivity index (χ1n) is 5.92. The monoisotopic (exact) mass is 265 g/mol. The molecule has 19 heavy (non-hydrogen) atoms. The lowest BCUT2D eigenvalue weighted by atomic mass is 10.1. The van der Waals surface area contributed by atoms with E-state index >= 15 is 0 Å². The summed E-state index contributed by atoms with van der Waals surface area (Å²) in [6, 6.07) is 7.29. The highest BCUT2D eigenvalue weighted by Gasteiger charge is 2.01. The second-order valence-electron chi connectivity index (χ2n) is 3.69. The van der Waals surface area contributed by atoms with Crippen LogP contribution < -0.4 is 16.0 Å². The number of hydrogen-bond acceptors (Lipinski definition) is 5. The predicted molar refractivity (Wildman–Crippen MR) is 70.3 cm³/mol. The highest BCUT2D eigenvalue weighted by Crippen LogP contribution is 2.13. The number of ether oxygens (including phenoxy) is 1. The second kappa shape index (κ2) is 10.9.